The number of nitrogens with zero attached hydrogens (tertiary/aromatic N) is 4. The van der Waals surface area contributed by atoms with E-state index >= 15 is 0 Å². The molecular formula is C20H27N5O3. The molecule has 0 saturated carbocycles. The summed E-state index contributed by atoms with van der Waals surface area (Å²) in [4.78, 5) is 27.3. The molecule has 3 rings (SSSR count). The Hall–Kier alpha value is -2.87. The number of amides is 2. The molecule has 2 heterocycles. The van der Waals surface area contributed by atoms with Gasteiger partial charge >= 0.3 is 6.09 Å². The van der Waals surface area contributed by atoms with Crippen molar-refractivity contribution in [2.45, 2.75) is 38.9 Å². The van der Waals surface area contributed by atoms with Crippen molar-refractivity contribution in [3.8, 4) is 11.1 Å². The standard InChI is InChI=1S/C20H27N5O3/c1-13-9-18(22-20(27)28)17-10-15(5-6-19(17)25(13)14(2)26)16-11-21-24(12-16)8-7-23(3)4/h5-6,10-13,18,22H,7-9H2,1-4H3,(H,27,28)/t13-,18+/m1/s1. The molecule has 1 aromatic heterocycles. The van der Waals surface area contributed by atoms with Crippen LogP contribution in [0.4, 0.5) is 10.5 Å². The molecular weight excluding hydrogens is 358 g/mol. The lowest BCUT2D eigenvalue weighted by Gasteiger charge is -2.39. The molecule has 2 aromatic rings. The molecule has 2 amide bonds. The van der Waals surface area contributed by atoms with Gasteiger partial charge in [0.2, 0.25) is 5.91 Å². The zero-order valence-corrected chi connectivity index (χ0v) is 16.7. The van der Waals surface area contributed by atoms with Crippen LogP contribution >= 0.6 is 0 Å². The van der Waals surface area contributed by atoms with Gasteiger partial charge in [0.25, 0.3) is 0 Å². The van der Waals surface area contributed by atoms with Gasteiger partial charge in [-0.3, -0.25) is 9.48 Å². The molecule has 8 heteroatoms. The maximum absolute atomic E-state index is 12.2. The molecule has 1 aliphatic heterocycles. The van der Waals surface area contributed by atoms with Crippen LogP contribution in [0.1, 0.15) is 31.9 Å². The predicted octanol–water partition coefficient (Wildman–Crippen LogP) is 2.57. The number of hydrogen-bond acceptors (Lipinski definition) is 4. The molecule has 150 valence electrons. The van der Waals surface area contributed by atoms with Gasteiger partial charge in [0, 0.05) is 37.0 Å². The minimum absolute atomic E-state index is 0.0493. The quantitative estimate of drug-likeness (QED) is 0.825. The fourth-order valence-corrected chi connectivity index (χ4v) is 3.75. The molecule has 0 saturated heterocycles. The first-order chi connectivity index (χ1) is 13.3. The minimum Gasteiger partial charge on any atom is -0.465 e. The van der Waals surface area contributed by atoms with E-state index in [4.69, 9.17) is 0 Å². The van der Waals surface area contributed by atoms with E-state index in [1.807, 2.05) is 56.3 Å². The zero-order chi connectivity index (χ0) is 20.4. The van der Waals surface area contributed by atoms with Crippen LogP contribution in [0.2, 0.25) is 0 Å². The van der Waals surface area contributed by atoms with Gasteiger partial charge in [-0.05, 0) is 50.7 Å². The highest BCUT2D eigenvalue weighted by atomic mass is 16.4. The van der Waals surface area contributed by atoms with Crippen LogP contribution in [-0.2, 0) is 11.3 Å². The van der Waals surface area contributed by atoms with Gasteiger partial charge in [0.05, 0.1) is 18.8 Å². The second-order valence-corrected chi connectivity index (χ2v) is 7.54. The first-order valence-electron chi connectivity index (χ1n) is 9.37. The summed E-state index contributed by atoms with van der Waals surface area (Å²) in [5.74, 6) is -0.0493. The summed E-state index contributed by atoms with van der Waals surface area (Å²) in [6.07, 6.45) is 3.26. The SMILES string of the molecule is CC(=O)N1c2ccc(-c3cnn(CCN(C)C)c3)cc2[C@@H](NC(=O)O)C[C@H]1C. The number of carbonyl (C=O) groups is 2. The Morgan fingerprint density at radius 1 is 1.32 bits per heavy atom. The number of carbonyl (C=O) groups excluding carboxylic acids is 1. The van der Waals surface area contributed by atoms with Crippen LogP contribution in [0.15, 0.2) is 30.6 Å². The zero-order valence-electron chi connectivity index (χ0n) is 16.7. The van der Waals surface area contributed by atoms with Crippen molar-refractivity contribution in [2.75, 3.05) is 25.5 Å². The molecule has 0 spiro atoms. The Balaban J connectivity index is 1.96. The van der Waals surface area contributed by atoms with E-state index in [2.05, 4.69) is 15.3 Å². The smallest absolute Gasteiger partial charge is 0.405 e. The Morgan fingerprint density at radius 2 is 2.07 bits per heavy atom. The maximum Gasteiger partial charge on any atom is 0.405 e. The monoisotopic (exact) mass is 385 g/mol. The van der Waals surface area contributed by atoms with Crippen LogP contribution in [0.3, 0.4) is 0 Å². The van der Waals surface area contributed by atoms with Crippen molar-refractivity contribution >= 4 is 17.7 Å². The first-order valence-corrected chi connectivity index (χ1v) is 9.37. The average Bonchev–Trinajstić information content (AvgIpc) is 3.08. The van der Waals surface area contributed by atoms with E-state index in [0.717, 1.165) is 35.5 Å². The van der Waals surface area contributed by atoms with Gasteiger partial charge in [-0.2, -0.15) is 5.10 Å². The maximum atomic E-state index is 12.2. The van der Waals surface area contributed by atoms with Gasteiger partial charge in [-0.15, -0.1) is 0 Å². The van der Waals surface area contributed by atoms with Crippen LogP contribution < -0.4 is 10.2 Å². The molecule has 2 N–H and O–H groups in total. The lowest BCUT2D eigenvalue weighted by molar-refractivity contribution is -0.117. The molecule has 28 heavy (non-hydrogen) atoms. The summed E-state index contributed by atoms with van der Waals surface area (Å²) >= 11 is 0. The summed E-state index contributed by atoms with van der Waals surface area (Å²) in [5.41, 5.74) is 3.48. The van der Waals surface area contributed by atoms with Crippen molar-refractivity contribution in [3.05, 3.63) is 36.2 Å². The van der Waals surface area contributed by atoms with Gasteiger partial charge in [0.1, 0.15) is 0 Å². The molecule has 1 aliphatic rings. The Kier molecular flexibility index (Phi) is 5.69. The topological polar surface area (TPSA) is 90.7 Å². The van der Waals surface area contributed by atoms with E-state index in [-0.39, 0.29) is 18.0 Å². The number of rotatable bonds is 5. The second kappa shape index (κ2) is 8.02. The number of anilines is 1. The number of carboxylic acid groups (broad SMARTS) is 1. The summed E-state index contributed by atoms with van der Waals surface area (Å²) < 4.78 is 1.89. The van der Waals surface area contributed by atoms with Gasteiger partial charge in [0.15, 0.2) is 0 Å². The second-order valence-electron chi connectivity index (χ2n) is 7.54. The molecule has 8 nitrogen and oxygen atoms in total. The first kappa shape index (κ1) is 19.9. The van der Waals surface area contributed by atoms with E-state index in [1.54, 1.807) is 4.90 Å². The summed E-state index contributed by atoms with van der Waals surface area (Å²) in [6.45, 7) is 5.15. The highest BCUT2D eigenvalue weighted by molar-refractivity contribution is 5.94. The van der Waals surface area contributed by atoms with Crippen LogP contribution in [-0.4, -0.2) is 58.5 Å². The molecule has 1 aromatic carbocycles. The number of likely N-dealkylation sites (N-methyl/N-ethyl adjacent to an activating group) is 1. The van der Waals surface area contributed by atoms with Crippen molar-refractivity contribution < 1.29 is 14.7 Å². The Morgan fingerprint density at radius 3 is 2.71 bits per heavy atom. The Bertz CT molecular complexity index is 876. The number of aromatic nitrogens is 2. The molecule has 0 aliphatic carbocycles. The van der Waals surface area contributed by atoms with Crippen molar-refractivity contribution in [1.29, 1.82) is 0 Å². The number of fused-ring (bicyclic) bond motifs is 1. The van der Waals surface area contributed by atoms with Crippen LogP contribution in [0.5, 0.6) is 0 Å². The average molecular weight is 385 g/mol. The Labute approximate surface area is 164 Å². The van der Waals surface area contributed by atoms with Crippen molar-refractivity contribution in [3.63, 3.8) is 0 Å². The van der Waals surface area contributed by atoms with Gasteiger partial charge in [-0.1, -0.05) is 6.07 Å². The fraction of sp³-hybridized carbons (Fsp3) is 0.450. The van der Waals surface area contributed by atoms with Crippen molar-refractivity contribution in [2.24, 2.45) is 0 Å². The van der Waals surface area contributed by atoms with Gasteiger partial charge < -0.3 is 20.2 Å². The molecule has 0 bridgehead atoms. The minimum atomic E-state index is -1.07. The van der Waals surface area contributed by atoms with Crippen LogP contribution in [0.25, 0.3) is 11.1 Å². The largest absolute Gasteiger partial charge is 0.465 e. The lowest BCUT2D eigenvalue weighted by Crippen LogP contribution is -2.45. The summed E-state index contributed by atoms with van der Waals surface area (Å²) in [7, 11) is 4.04. The number of hydrogen-bond donors (Lipinski definition) is 2. The number of nitrogens with one attached hydrogen (secondary N) is 1. The molecule has 0 unspecified atom stereocenters. The normalized spacial score (nSPS) is 18.8. The van der Waals surface area contributed by atoms with Crippen LogP contribution in [0, 0.1) is 0 Å². The highest BCUT2D eigenvalue weighted by Gasteiger charge is 2.33. The fourth-order valence-electron chi connectivity index (χ4n) is 3.75. The lowest BCUT2D eigenvalue weighted by atomic mass is 9.89. The van der Waals surface area contributed by atoms with E-state index < -0.39 is 6.09 Å². The third-order valence-electron chi connectivity index (χ3n) is 5.06. The molecule has 0 fully saturated rings. The number of benzene rings is 1. The van der Waals surface area contributed by atoms with E-state index in [0.29, 0.717) is 6.42 Å². The van der Waals surface area contributed by atoms with Crippen molar-refractivity contribution in [1.82, 2.24) is 20.0 Å². The van der Waals surface area contributed by atoms with E-state index in [9.17, 15) is 14.7 Å². The summed E-state index contributed by atoms with van der Waals surface area (Å²) in [5, 5.41) is 16.2. The molecule has 2 atom stereocenters. The molecule has 0 radical (unpaired) electrons. The predicted molar refractivity (Wildman–Crippen MR) is 107 cm³/mol. The highest BCUT2D eigenvalue weighted by Crippen LogP contribution is 2.39. The summed E-state index contributed by atoms with van der Waals surface area (Å²) in [6, 6.07) is 5.38. The third kappa shape index (κ3) is 4.17. The third-order valence-corrected chi connectivity index (χ3v) is 5.06. The van der Waals surface area contributed by atoms with Gasteiger partial charge in [-0.25, -0.2) is 4.79 Å². The van der Waals surface area contributed by atoms with E-state index in [1.165, 1.54) is 6.92 Å².